The molecular weight excluding hydrogens is 476 g/mol. The maximum absolute atomic E-state index is 11.3. The van der Waals surface area contributed by atoms with Crippen molar-refractivity contribution in [1.29, 1.82) is 0 Å². The van der Waals surface area contributed by atoms with Gasteiger partial charge in [-0.05, 0) is 53.7 Å². The fourth-order valence-corrected chi connectivity index (χ4v) is 5.21. The Labute approximate surface area is 193 Å². The third kappa shape index (κ3) is 3.81. The first-order valence-corrected chi connectivity index (χ1v) is 11.7. The van der Waals surface area contributed by atoms with Crippen LogP contribution in [0.2, 0.25) is 0 Å². The van der Waals surface area contributed by atoms with E-state index in [9.17, 15) is 9.90 Å². The van der Waals surface area contributed by atoms with Gasteiger partial charge in [-0.2, -0.15) is 9.61 Å². The Morgan fingerprint density at radius 3 is 2.56 bits per heavy atom. The number of nitrogens with two attached hydrogens (primary N) is 1. The highest BCUT2D eigenvalue weighted by molar-refractivity contribution is 9.10. The number of hydrogen-bond acceptors (Lipinski definition) is 7. The summed E-state index contributed by atoms with van der Waals surface area (Å²) in [6.07, 6.45) is 6.46. The largest absolute Gasteiger partial charge is 0.481 e. The van der Waals surface area contributed by atoms with Crippen molar-refractivity contribution in [3.63, 3.8) is 0 Å². The second-order valence-corrected chi connectivity index (χ2v) is 9.17. The van der Waals surface area contributed by atoms with Gasteiger partial charge >= 0.3 is 5.97 Å². The van der Waals surface area contributed by atoms with Crippen LogP contribution in [-0.4, -0.2) is 57.0 Å². The van der Waals surface area contributed by atoms with E-state index in [2.05, 4.69) is 30.9 Å². The molecule has 0 unspecified atom stereocenters. The van der Waals surface area contributed by atoms with E-state index in [-0.39, 0.29) is 11.8 Å². The van der Waals surface area contributed by atoms with Gasteiger partial charge in [0.1, 0.15) is 11.6 Å². The molecule has 0 bridgehead atoms. The molecule has 168 valence electrons. The van der Waals surface area contributed by atoms with Crippen molar-refractivity contribution in [3.05, 3.63) is 34.7 Å². The van der Waals surface area contributed by atoms with Gasteiger partial charge in [-0.1, -0.05) is 0 Å². The molecule has 1 saturated carbocycles. The highest BCUT2D eigenvalue weighted by atomic mass is 79.9. The Morgan fingerprint density at radius 2 is 1.91 bits per heavy atom. The number of carbonyl (C=O) groups is 1. The number of nitrogen functional groups attached to an aromatic ring is 1. The minimum atomic E-state index is -0.712. The van der Waals surface area contributed by atoms with Gasteiger partial charge < -0.3 is 20.5 Å². The molecule has 1 aliphatic carbocycles. The van der Waals surface area contributed by atoms with E-state index in [0.717, 1.165) is 53.0 Å². The van der Waals surface area contributed by atoms with Crippen molar-refractivity contribution < 1.29 is 14.6 Å². The minimum Gasteiger partial charge on any atom is -0.481 e. The summed E-state index contributed by atoms with van der Waals surface area (Å²) < 4.78 is 7.79. The van der Waals surface area contributed by atoms with E-state index in [1.807, 2.05) is 18.3 Å². The molecule has 0 radical (unpaired) electrons. The molecule has 2 aliphatic rings. The van der Waals surface area contributed by atoms with Crippen LogP contribution >= 0.6 is 15.9 Å². The van der Waals surface area contributed by atoms with Crippen LogP contribution in [-0.2, 0) is 9.53 Å². The number of pyridine rings is 1. The number of fused-ring (bicyclic) bond motifs is 1. The van der Waals surface area contributed by atoms with Crippen molar-refractivity contribution in [2.24, 2.45) is 5.92 Å². The molecule has 32 heavy (non-hydrogen) atoms. The van der Waals surface area contributed by atoms with Gasteiger partial charge in [0.15, 0.2) is 5.65 Å². The first-order valence-electron chi connectivity index (χ1n) is 10.9. The summed E-state index contributed by atoms with van der Waals surface area (Å²) in [6, 6.07) is 4.05. The molecular formula is C22H25BrN6O3. The number of morpholine rings is 1. The summed E-state index contributed by atoms with van der Waals surface area (Å²) >= 11 is 3.61. The third-order valence-electron chi connectivity index (χ3n) is 6.51. The molecule has 10 heteroatoms. The molecule has 0 atom stereocenters. The smallest absolute Gasteiger partial charge is 0.306 e. The first kappa shape index (κ1) is 21.1. The SMILES string of the molecule is Nc1c(Br)c(C2CCC(C(=O)O)CC2)nc2c(-c3ccc(N4CCOCC4)nc3)cnn12. The van der Waals surface area contributed by atoms with E-state index in [0.29, 0.717) is 37.5 Å². The van der Waals surface area contributed by atoms with Gasteiger partial charge in [-0.25, -0.2) is 9.97 Å². The normalized spacial score (nSPS) is 21.7. The van der Waals surface area contributed by atoms with Crippen LogP contribution in [0, 0.1) is 5.92 Å². The Kier molecular flexibility index (Phi) is 5.73. The molecule has 1 aliphatic heterocycles. The van der Waals surface area contributed by atoms with Crippen molar-refractivity contribution >= 4 is 39.2 Å². The molecule has 0 amide bonds. The summed E-state index contributed by atoms with van der Waals surface area (Å²) in [5, 5.41) is 13.8. The standard InChI is InChI=1S/C22H25BrN6O3/c23-18-19(13-1-3-14(4-2-13)22(30)31)27-21-16(12-26-29(21)20(18)24)15-5-6-17(25-11-15)28-7-9-32-10-8-28/h5-6,11-14H,1-4,7-10,24H2,(H,30,31). The highest BCUT2D eigenvalue weighted by Crippen LogP contribution is 2.40. The average molecular weight is 501 g/mol. The maximum atomic E-state index is 11.3. The lowest BCUT2D eigenvalue weighted by molar-refractivity contribution is -0.142. The Balaban J connectivity index is 1.47. The number of rotatable bonds is 4. The van der Waals surface area contributed by atoms with Gasteiger partial charge in [0, 0.05) is 36.3 Å². The first-order chi connectivity index (χ1) is 15.5. The van der Waals surface area contributed by atoms with Crippen LogP contribution in [0.1, 0.15) is 37.3 Å². The summed E-state index contributed by atoms with van der Waals surface area (Å²) in [7, 11) is 0. The van der Waals surface area contributed by atoms with E-state index in [1.54, 1.807) is 10.7 Å². The zero-order chi connectivity index (χ0) is 22.2. The second kappa shape index (κ2) is 8.67. The van der Waals surface area contributed by atoms with Gasteiger partial charge in [-0.15, -0.1) is 0 Å². The fourth-order valence-electron chi connectivity index (χ4n) is 4.63. The predicted molar refractivity (Wildman–Crippen MR) is 124 cm³/mol. The summed E-state index contributed by atoms with van der Waals surface area (Å²) in [5.41, 5.74) is 9.74. The van der Waals surface area contributed by atoms with E-state index in [4.69, 9.17) is 15.5 Å². The van der Waals surface area contributed by atoms with E-state index >= 15 is 0 Å². The number of ether oxygens (including phenoxy) is 1. The predicted octanol–water partition coefficient (Wildman–Crippen LogP) is 3.33. The Hall–Kier alpha value is -2.72. The van der Waals surface area contributed by atoms with Crippen molar-refractivity contribution in [3.8, 4) is 11.1 Å². The zero-order valence-electron chi connectivity index (χ0n) is 17.6. The molecule has 5 rings (SSSR count). The average Bonchev–Trinajstić information content (AvgIpc) is 3.26. The van der Waals surface area contributed by atoms with Crippen molar-refractivity contribution in [1.82, 2.24) is 19.6 Å². The Bertz CT molecular complexity index is 1130. The maximum Gasteiger partial charge on any atom is 0.306 e. The van der Waals surface area contributed by atoms with Crippen LogP contribution < -0.4 is 10.6 Å². The third-order valence-corrected chi connectivity index (χ3v) is 7.32. The Morgan fingerprint density at radius 1 is 1.16 bits per heavy atom. The summed E-state index contributed by atoms with van der Waals surface area (Å²) in [6.45, 7) is 3.10. The molecule has 1 saturated heterocycles. The topological polar surface area (TPSA) is 119 Å². The van der Waals surface area contributed by atoms with Crippen LogP contribution in [0.5, 0.6) is 0 Å². The van der Waals surface area contributed by atoms with Crippen LogP contribution in [0.15, 0.2) is 29.0 Å². The highest BCUT2D eigenvalue weighted by Gasteiger charge is 2.30. The number of carboxylic acids is 1. The molecule has 3 N–H and O–H groups in total. The molecule has 2 fully saturated rings. The van der Waals surface area contributed by atoms with Crippen molar-refractivity contribution in [2.45, 2.75) is 31.6 Å². The number of aliphatic carboxylic acids is 1. The molecule has 3 aromatic heterocycles. The molecule has 9 nitrogen and oxygen atoms in total. The number of nitrogens with zero attached hydrogens (tertiary/aromatic N) is 5. The lowest BCUT2D eigenvalue weighted by Gasteiger charge is -2.27. The number of halogens is 1. The summed E-state index contributed by atoms with van der Waals surface area (Å²) in [5.74, 6) is 0.607. The number of carboxylic acid groups (broad SMARTS) is 1. The van der Waals surface area contributed by atoms with Crippen LogP contribution in [0.4, 0.5) is 11.6 Å². The van der Waals surface area contributed by atoms with Crippen LogP contribution in [0.25, 0.3) is 16.8 Å². The summed E-state index contributed by atoms with van der Waals surface area (Å²) in [4.78, 5) is 23.1. The fraction of sp³-hybridized carbons (Fsp3) is 0.455. The number of aromatic nitrogens is 4. The quantitative estimate of drug-likeness (QED) is 0.559. The lowest BCUT2D eigenvalue weighted by Crippen LogP contribution is -2.36. The molecule has 4 heterocycles. The monoisotopic (exact) mass is 500 g/mol. The zero-order valence-corrected chi connectivity index (χ0v) is 19.2. The van der Waals surface area contributed by atoms with Gasteiger partial charge in [-0.3, -0.25) is 4.79 Å². The molecule has 0 aromatic carbocycles. The van der Waals surface area contributed by atoms with E-state index in [1.165, 1.54) is 0 Å². The van der Waals surface area contributed by atoms with Crippen molar-refractivity contribution in [2.75, 3.05) is 36.9 Å². The van der Waals surface area contributed by atoms with Crippen LogP contribution in [0.3, 0.4) is 0 Å². The second-order valence-electron chi connectivity index (χ2n) is 8.38. The lowest BCUT2D eigenvalue weighted by atomic mass is 9.80. The minimum absolute atomic E-state index is 0.164. The number of anilines is 2. The van der Waals surface area contributed by atoms with Gasteiger partial charge in [0.2, 0.25) is 0 Å². The number of hydrogen-bond donors (Lipinski definition) is 2. The van der Waals surface area contributed by atoms with E-state index < -0.39 is 5.97 Å². The molecule has 3 aromatic rings. The van der Waals surface area contributed by atoms with Gasteiger partial charge in [0.05, 0.1) is 35.5 Å². The van der Waals surface area contributed by atoms with Gasteiger partial charge in [0.25, 0.3) is 0 Å². The molecule has 0 spiro atoms.